The molecular weight excluding hydrogens is 340 g/mol. The lowest BCUT2D eigenvalue weighted by Crippen LogP contribution is -2.35. The highest BCUT2D eigenvalue weighted by molar-refractivity contribution is 6.01. The summed E-state index contributed by atoms with van der Waals surface area (Å²) in [5, 5.41) is 3.24. The number of carbonyl (C=O) groups is 2. The van der Waals surface area contributed by atoms with E-state index < -0.39 is 5.97 Å². The molecule has 0 aliphatic heterocycles. The Labute approximate surface area is 163 Å². The molecule has 1 aliphatic carbocycles. The van der Waals surface area contributed by atoms with Gasteiger partial charge in [-0.05, 0) is 39.2 Å². The summed E-state index contributed by atoms with van der Waals surface area (Å²) in [6, 6.07) is 0.219. The van der Waals surface area contributed by atoms with Crippen LogP contribution >= 0.6 is 0 Å². The van der Waals surface area contributed by atoms with Crippen LogP contribution in [-0.4, -0.2) is 29.5 Å². The third kappa shape index (κ3) is 6.40. The smallest absolute Gasteiger partial charge is 0.355 e. The van der Waals surface area contributed by atoms with Crippen molar-refractivity contribution in [1.29, 1.82) is 0 Å². The molecule has 2 N–H and O–H groups in total. The Hall–Kier alpha value is -1.78. The summed E-state index contributed by atoms with van der Waals surface area (Å²) in [5.74, 6) is -0.475. The van der Waals surface area contributed by atoms with Crippen molar-refractivity contribution < 1.29 is 14.3 Å². The van der Waals surface area contributed by atoms with E-state index in [0.29, 0.717) is 23.4 Å². The van der Waals surface area contributed by atoms with Crippen LogP contribution in [0.1, 0.15) is 110 Å². The lowest BCUT2D eigenvalue weighted by Gasteiger charge is -2.20. The van der Waals surface area contributed by atoms with E-state index in [4.69, 9.17) is 4.74 Å². The second-order valence-electron chi connectivity index (χ2n) is 7.78. The first-order valence-electron chi connectivity index (χ1n) is 10.7. The number of rotatable bonds is 4. The van der Waals surface area contributed by atoms with E-state index in [9.17, 15) is 9.59 Å². The Morgan fingerprint density at radius 2 is 1.48 bits per heavy atom. The molecule has 1 amide bonds. The lowest BCUT2D eigenvalue weighted by atomic mass is 9.97. The monoisotopic (exact) mass is 376 g/mol. The quantitative estimate of drug-likeness (QED) is 0.709. The Bertz CT molecular complexity index is 609. The molecule has 0 saturated heterocycles. The van der Waals surface area contributed by atoms with E-state index >= 15 is 0 Å². The van der Waals surface area contributed by atoms with Crippen LogP contribution in [0.15, 0.2) is 0 Å². The number of aryl methyl sites for hydroxylation is 1. The van der Waals surface area contributed by atoms with Crippen molar-refractivity contribution >= 4 is 11.9 Å². The van der Waals surface area contributed by atoms with Gasteiger partial charge in [-0.3, -0.25) is 4.79 Å². The summed E-state index contributed by atoms with van der Waals surface area (Å²) in [7, 11) is 0. The normalized spacial score (nSPS) is 17.6. The maximum Gasteiger partial charge on any atom is 0.355 e. The molecule has 0 radical (unpaired) electrons. The van der Waals surface area contributed by atoms with Crippen molar-refractivity contribution in [3.63, 3.8) is 0 Å². The predicted molar refractivity (Wildman–Crippen MR) is 108 cm³/mol. The number of hydrogen-bond donors (Lipinski definition) is 2. The third-order valence-electron chi connectivity index (χ3n) is 5.58. The second-order valence-corrected chi connectivity index (χ2v) is 7.78. The summed E-state index contributed by atoms with van der Waals surface area (Å²) in [4.78, 5) is 28.0. The molecule has 27 heavy (non-hydrogen) atoms. The van der Waals surface area contributed by atoms with Crippen LogP contribution in [0.3, 0.4) is 0 Å². The number of H-pyrrole nitrogens is 1. The molecule has 2 rings (SSSR count). The van der Waals surface area contributed by atoms with Crippen molar-refractivity contribution in [1.82, 2.24) is 10.3 Å². The molecule has 5 nitrogen and oxygen atoms in total. The number of hydrogen-bond acceptors (Lipinski definition) is 3. The fourth-order valence-corrected chi connectivity index (χ4v) is 4.06. The molecule has 0 aromatic carbocycles. The van der Waals surface area contributed by atoms with Gasteiger partial charge < -0.3 is 15.0 Å². The predicted octanol–water partition coefficient (Wildman–Crippen LogP) is 5.21. The molecule has 1 aliphatic rings. The maximum absolute atomic E-state index is 12.9. The first-order chi connectivity index (χ1) is 13.0. The van der Waals surface area contributed by atoms with E-state index in [1.807, 2.05) is 13.8 Å². The van der Waals surface area contributed by atoms with Gasteiger partial charge in [0.15, 0.2) is 0 Å². The van der Waals surface area contributed by atoms with Gasteiger partial charge in [0.2, 0.25) is 0 Å². The largest absolute Gasteiger partial charge is 0.461 e. The fraction of sp³-hybridized carbons (Fsp3) is 0.727. The average Bonchev–Trinajstić information content (AvgIpc) is 2.92. The molecule has 1 saturated carbocycles. The lowest BCUT2D eigenvalue weighted by molar-refractivity contribution is 0.0519. The molecule has 1 aromatic rings. The molecule has 0 bridgehead atoms. The van der Waals surface area contributed by atoms with Gasteiger partial charge in [0.1, 0.15) is 5.69 Å². The molecular formula is C22H36N2O3. The highest BCUT2D eigenvalue weighted by Gasteiger charge is 2.24. The zero-order valence-corrected chi connectivity index (χ0v) is 17.3. The summed E-state index contributed by atoms with van der Waals surface area (Å²) in [5.41, 5.74) is 2.38. The minimum Gasteiger partial charge on any atom is -0.461 e. The van der Waals surface area contributed by atoms with Gasteiger partial charge in [-0.15, -0.1) is 0 Å². The van der Waals surface area contributed by atoms with Crippen LogP contribution in [0.5, 0.6) is 0 Å². The molecule has 5 heteroatoms. The first-order valence-corrected chi connectivity index (χ1v) is 10.7. The SMILES string of the molecule is CCOC(=O)c1[nH]c(C)c(C(=O)NC2CCCCCCCCCCC2)c1C. The number of carbonyl (C=O) groups excluding carboxylic acids is 2. The maximum atomic E-state index is 12.9. The van der Waals surface area contributed by atoms with Crippen LogP contribution in [0, 0.1) is 13.8 Å². The first kappa shape index (κ1) is 21.5. The minimum absolute atomic E-state index is 0.0751. The molecule has 1 fully saturated rings. The van der Waals surface area contributed by atoms with Crippen LogP contribution < -0.4 is 5.32 Å². The van der Waals surface area contributed by atoms with Gasteiger partial charge in [-0.25, -0.2) is 4.79 Å². The van der Waals surface area contributed by atoms with E-state index in [0.717, 1.165) is 18.5 Å². The topological polar surface area (TPSA) is 71.2 Å². The zero-order valence-electron chi connectivity index (χ0n) is 17.3. The standard InChI is InChI=1S/C22H36N2O3/c1-4-27-22(26)20-16(2)19(17(3)23-20)21(25)24-18-14-12-10-8-6-5-7-9-11-13-15-18/h18,23H,4-15H2,1-3H3,(H,24,25). The Morgan fingerprint density at radius 1 is 0.963 bits per heavy atom. The second kappa shape index (κ2) is 11.2. The van der Waals surface area contributed by atoms with Crippen molar-refractivity contribution in [2.75, 3.05) is 6.61 Å². The van der Waals surface area contributed by atoms with E-state index in [1.54, 1.807) is 6.92 Å². The highest BCUT2D eigenvalue weighted by atomic mass is 16.5. The molecule has 152 valence electrons. The third-order valence-corrected chi connectivity index (χ3v) is 5.58. The van der Waals surface area contributed by atoms with Crippen molar-refractivity contribution in [3.05, 3.63) is 22.5 Å². The molecule has 1 heterocycles. The number of ether oxygens (including phenoxy) is 1. The van der Waals surface area contributed by atoms with Gasteiger partial charge >= 0.3 is 5.97 Å². The van der Waals surface area contributed by atoms with Crippen LogP contribution in [0.25, 0.3) is 0 Å². The van der Waals surface area contributed by atoms with Crippen LogP contribution in [0.2, 0.25) is 0 Å². The van der Waals surface area contributed by atoms with Crippen LogP contribution in [0.4, 0.5) is 0 Å². The van der Waals surface area contributed by atoms with Gasteiger partial charge in [-0.2, -0.15) is 0 Å². The van der Waals surface area contributed by atoms with E-state index in [-0.39, 0.29) is 11.9 Å². The number of nitrogens with one attached hydrogen (secondary N) is 2. The number of esters is 1. The van der Waals surface area contributed by atoms with Gasteiger partial charge in [-0.1, -0.05) is 57.8 Å². The fourth-order valence-electron chi connectivity index (χ4n) is 4.06. The van der Waals surface area contributed by atoms with Gasteiger partial charge in [0, 0.05) is 11.7 Å². The van der Waals surface area contributed by atoms with E-state index in [1.165, 1.54) is 57.8 Å². The Morgan fingerprint density at radius 3 is 2.00 bits per heavy atom. The molecule has 0 atom stereocenters. The Kier molecular flexibility index (Phi) is 8.89. The van der Waals surface area contributed by atoms with Gasteiger partial charge in [0.05, 0.1) is 12.2 Å². The average molecular weight is 377 g/mol. The van der Waals surface area contributed by atoms with Crippen molar-refractivity contribution in [2.24, 2.45) is 0 Å². The summed E-state index contributed by atoms with van der Waals surface area (Å²) < 4.78 is 5.08. The number of aromatic amines is 1. The van der Waals surface area contributed by atoms with Crippen LogP contribution in [-0.2, 0) is 4.74 Å². The summed E-state index contributed by atoms with van der Waals surface area (Å²) >= 11 is 0. The summed E-state index contributed by atoms with van der Waals surface area (Å²) in [6.45, 7) is 5.75. The molecule has 1 aromatic heterocycles. The van der Waals surface area contributed by atoms with Gasteiger partial charge in [0.25, 0.3) is 5.91 Å². The minimum atomic E-state index is -0.400. The summed E-state index contributed by atoms with van der Waals surface area (Å²) in [6.07, 6.45) is 13.6. The highest BCUT2D eigenvalue weighted by Crippen LogP contribution is 2.21. The molecule has 0 unspecified atom stereocenters. The van der Waals surface area contributed by atoms with E-state index in [2.05, 4.69) is 10.3 Å². The van der Waals surface area contributed by atoms with Crippen molar-refractivity contribution in [2.45, 2.75) is 97.4 Å². The Balaban J connectivity index is 2.03. The molecule has 0 spiro atoms. The number of amides is 1. The zero-order chi connectivity index (χ0) is 19.6. The van der Waals surface area contributed by atoms with Crippen molar-refractivity contribution in [3.8, 4) is 0 Å². The number of aromatic nitrogens is 1.